The lowest BCUT2D eigenvalue weighted by Gasteiger charge is -2.39. The number of hydrogen-bond acceptors (Lipinski definition) is 4. The molecule has 2 unspecified atom stereocenters. The monoisotopic (exact) mass is 291 g/mol. The average Bonchev–Trinajstić information content (AvgIpc) is 2.56. The summed E-state index contributed by atoms with van der Waals surface area (Å²) < 4.78 is 0. The number of aliphatic hydroxyl groups excluding tert-OH is 1. The van der Waals surface area contributed by atoms with E-state index in [1.54, 1.807) is 0 Å². The zero-order valence-electron chi connectivity index (χ0n) is 12.6. The van der Waals surface area contributed by atoms with E-state index in [-0.39, 0.29) is 18.6 Å². The topological polar surface area (TPSA) is 69.8 Å². The van der Waals surface area contributed by atoms with Crippen LogP contribution in [0.5, 0.6) is 0 Å². The summed E-state index contributed by atoms with van der Waals surface area (Å²) in [4.78, 5) is 16.5. The van der Waals surface area contributed by atoms with Gasteiger partial charge in [-0.1, -0.05) is 37.3 Å². The van der Waals surface area contributed by atoms with Crippen LogP contribution in [0.2, 0.25) is 0 Å². The highest BCUT2D eigenvalue weighted by atomic mass is 16.3. The molecule has 0 aliphatic carbocycles. The van der Waals surface area contributed by atoms with Crippen LogP contribution in [0, 0.1) is 0 Å². The number of amides is 1. The molecular formula is C16H25N3O2. The number of piperazine rings is 1. The number of aliphatic hydroxyl groups is 1. The Morgan fingerprint density at radius 3 is 2.38 bits per heavy atom. The van der Waals surface area contributed by atoms with Gasteiger partial charge >= 0.3 is 0 Å². The first-order valence-corrected chi connectivity index (χ1v) is 7.61. The summed E-state index contributed by atoms with van der Waals surface area (Å²) in [6, 6.07) is 9.10. The summed E-state index contributed by atoms with van der Waals surface area (Å²) in [6.45, 7) is 5.20. The number of carbonyl (C=O) groups is 1. The zero-order chi connectivity index (χ0) is 15.2. The Morgan fingerprint density at radius 1 is 1.24 bits per heavy atom. The third-order valence-electron chi connectivity index (χ3n) is 4.25. The van der Waals surface area contributed by atoms with Gasteiger partial charge in [0.2, 0.25) is 5.91 Å². The summed E-state index contributed by atoms with van der Waals surface area (Å²) in [7, 11) is 0. The molecule has 1 fully saturated rings. The van der Waals surface area contributed by atoms with E-state index in [0.717, 1.165) is 25.1 Å². The number of benzene rings is 1. The molecule has 2 rings (SSSR count). The third kappa shape index (κ3) is 3.81. The summed E-state index contributed by atoms with van der Waals surface area (Å²) in [5.41, 5.74) is 6.92. The van der Waals surface area contributed by atoms with Crippen LogP contribution in [0.4, 0.5) is 0 Å². The Labute approximate surface area is 126 Å². The fourth-order valence-electron chi connectivity index (χ4n) is 2.81. The first-order chi connectivity index (χ1) is 10.2. The molecule has 0 saturated carbocycles. The minimum Gasteiger partial charge on any atom is -0.395 e. The Balaban J connectivity index is 1.91. The fourth-order valence-corrected chi connectivity index (χ4v) is 2.81. The van der Waals surface area contributed by atoms with Crippen molar-refractivity contribution in [3.63, 3.8) is 0 Å². The molecule has 1 aromatic rings. The van der Waals surface area contributed by atoms with Crippen molar-refractivity contribution in [3.05, 3.63) is 35.9 Å². The van der Waals surface area contributed by atoms with Crippen molar-refractivity contribution in [2.24, 2.45) is 5.73 Å². The van der Waals surface area contributed by atoms with Gasteiger partial charge in [0.1, 0.15) is 6.04 Å². The molecule has 3 N–H and O–H groups in total. The molecule has 1 aliphatic heterocycles. The predicted molar refractivity (Wildman–Crippen MR) is 82.7 cm³/mol. The Hall–Kier alpha value is -1.43. The average molecular weight is 291 g/mol. The first kappa shape index (κ1) is 15.9. The molecule has 1 heterocycles. The van der Waals surface area contributed by atoms with E-state index in [0.29, 0.717) is 13.1 Å². The lowest BCUT2D eigenvalue weighted by Crippen LogP contribution is -2.54. The molecule has 0 spiro atoms. The normalized spacial score (nSPS) is 19.3. The smallest absolute Gasteiger partial charge is 0.244 e. The fraction of sp³-hybridized carbons (Fsp3) is 0.562. The van der Waals surface area contributed by atoms with Gasteiger partial charge in [-0.3, -0.25) is 9.69 Å². The van der Waals surface area contributed by atoms with Crippen LogP contribution in [-0.4, -0.2) is 59.6 Å². The van der Waals surface area contributed by atoms with Crippen molar-refractivity contribution in [1.82, 2.24) is 9.80 Å². The molecule has 21 heavy (non-hydrogen) atoms. The van der Waals surface area contributed by atoms with Crippen molar-refractivity contribution < 1.29 is 9.90 Å². The SMILES string of the molecule is CCC(CO)N1CCN(C(=O)C(N)c2ccccc2)CC1. The predicted octanol–water partition coefficient (Wildman–Crippen LogP) is 0.602. The largest absolute Gasteiger partial charge is 0.395 e. The zero-order valence-corrected chi connectivity index (χ0v) is 12.6. The Kier molecular flexibility index (Phi) is 5.73. The summed E-state index contributed by atoms with van der Waals surface area (Å²) in [5.74, 6) is -0.0158. The van der Waals surface area contributed by atoms with E-state index < -0.39 is 6.04 Å². The molecule has 5 heteroatoms. The molecule has 0 bridgehead atoms. The standard InChI is InChI=1S/C16H25N3O2/c1-2-14(12-20)18-8-10-19(11-9-18)16(21)15(17)13-6-4-3-5-7-13/h3-7,14-15,20H,2,8-12,17H2,1H3. The highest BCUT2D eigenvalue weighted by Gasteiger charge is 2.28. The lowest BCUT2D eigenvalue weighted by molar-refractivity contribution is -0.135. The molecule has 1 amide bonds. The van der Waals surface area contributed by atoms with Gasteiger partial charge in [0.25, 0.3) is 0 Å². The Morgan fingerprint density at radius 2 is 1.86 bits per heavy atom. The Bertz CT molecular complexity index is 440. The minimum absolute atomic E-state index is 0.0158. The summed E-state index contributed by atoms with van der Waals surface area (Å²) >= 11 is 0. The van der Waals surface area contributed by atoms with Gasteiger partial charge in [-0.25, -0.2) is 0 Å². The molecule has 1 aliphatic rings. The van der Waals surface area contributed by atoms with Crippen LogP contribution in [0.15, 0.2) is 30.3 Å². The van der Waals surface area contributed by atoms with E-state index in [1.807, 2.05) is 35.2 Å². The van der Waals surface area contributed by atoms with Gasteiger partial charge < -0.3 is 15.7 Å². The highest BCUT2D eigenvalue weighted by molar-refractivity contribution is 5.83. The van der Waals surface area contributed by atoms with E-state index >= 15 is 0 Å². The second kappa shape index (κ2) is 7.54. The maximum atomic E-state index is 12.4. The van der Waals surface area contributed by atoms with Gasteiger partial charge in [0.15, 0.2) is 0 Å². The van der Waals surface area contributed by atoms with Gasteiger partial charge in [0, 0.05) is 32.2 Å². The number of rotatable bonds is 5. The van der Waals surface area contributed by atoms with Crippen molar-refractivity contribution in [2.75, 3.05) is 32.8 Å². The van der Waals surface area contributed by atoms with Gasteiger partial charge in [-0.2, -0.15) is 0 Å². The first-order valence-electron chi connectivity index (χ1n) is 7.61. The number of hydrogen-bond donors (Lipinski definition) is 2. The molecule has 5 nitrogen and oxygen atoms in total. The molecular weight excluding hydrogens is 266 g/mol. The number of carbonyl (C=O) groups excluding carboxylic acids is 1. The highest BCUT2D eigenvalue weighted by Crippen LogP contribution is 2.15. The number of nitrogens with zero attached hydrogens (tertiary/aromatic N) is 2. The molecule has 116 valence electrons. The van der Waals surface area contributed by atoms with Crippen LogP contribution in [0.1, 0.15) is 24.9 Å². The minimum atomic E-state index is -0.586. The van der Waals surface area contributed by atoms with Gasteiger partial charge in [-0.15, -0.1) is 0 Å². The molecule has 2 atom stereocenters. The molecule has 1 aromatic carbocycles. The quantitative estimate of drug-likeness (QED) is 0.833. The third-order valence-corrected chi connectivity index (χ3v) is 4.25. The lowest BCUT2D eigenvalue weighted by atomic mass is 10.1. The summed E-state index contributed by atoms with van der Waals surface area (Å²) in [5, 5.41) is 9.35. The van der Waals surface area contributed by atoms with E-state index in [2.05, 4.69) is 11.8 Å². The van der Waals surface area contributed by atoms with Crippen molar-refractivity contribution in [1.29, 1.82) is 0 Å². The van der Waals surface area contributed by atoms with Crippen molar-refractivity contribution in [2.45, 2.75) is 25.4 Å². The van der Waals surface area contributed by atoms with Gasteiger partial charge in [0.05, 0.1) is 6.61 Å². The molecule has 1 saturated heterocycles. The summed E-state index contributed by atoms with van der Waals surface area (Å²) in [6.07, 6.45) is 0.925. The molecule has 0 aromatic heterocycles. The van der Waals surface area contributed by atoms with Crippen LogP contribution in [-0.2, 0) is 4.79 Å². The van der Waals surface area contributed by atoms with Crippen LogP contribution in [0.25, 0.3) is 0 Å². The van der Waals surface area contributed by atoms with E-state index in [4.69, 9.17) is 5.73 Å². The van der Waals surface area contributed by atoms with E-state index in [1.165, 1.54) is 0 Å². The maximum absolute atomic E-state index is 12.4. The van der Waals surface area contributed by atoms with Crippen LogP contribution >= 0.6 is 0 Å². The van der Waals surface area contributed by atoms with E-state index in [9.17, 15) is 9.90 Å². The second-order valence-electron chi connectivity index (χ2n) is 5.49. The van der Waals surface area contributed by atoms with Crippen LogP contribution < -0.4 is 5.73 Å². The van der Waals surface area contributed by atoms with Crippen molar-refractivity contribution >= 4 is 5.91 Å². The number of nitrogens with two attached hydrogens (primary N) is 1. The molecule has 0 radical (unpaired) electrons. The van der Waals surface area contributed by atoms with Crippen LogP contribution in [0.3, 0.4) is 0 Å². The maximum Gasteiger partial charge on any atom is 0.244 e. The second-order valence-corrected chi connectivity index (χ2v) is 5.49. The van der Waals surface area contributed by atoms with Gasteiger partial charge in [-0.05, 0) is 12.0 Å². The van der Waals surface area contributed by atoms with Crippen molar-refractivity contribution in [3.8, 4) is 0 Å².